The van der Waals surface area contributed by atoms with Gasteiger partial charge in [-0.2, -0.15) is 0 Å². The summed E-state index contributed by atoms with van der Waals surface area (Å²) >= 11 is 0. The topological polar surface area (TPSA) is 55.6 Å². The fourth-order valence-corrected chi connectivity index (χ4v) is 2.04. The van der Waals surface area contributed by atoms with Crippen molar-refractivity contribution in [2.75, 3.05) is 11.9 Å². The molecule has 1 N–H and O–H groups in total. The molecule has 0 aliphatic carbocycles. The van der Waals surface area contributed by atoms with Crippen molar-refractivity contribution < 1.29 is 0 Å². The molecule has 0 aliphatic heterocycles. The molecule has 2 aromatic rings. The summed E-state index contributed by atoms with van der Waals surface area (Å²) in [5.41, 5.74) is 1.96. The molecule has 0 unspecified atom stereocenters. The SMILES string of the molecule is CCCNc1ncnc(-c2nccn2CCC)c1C. The third-order valence-electron chi connectivity index (χ3n) is 3.02. The molecule has 0 atom stereocenters. The number of nitrogens with zero attached hydrogens (tertiary/aromatic N) is 4. The Morgan fingerprint density at radius 2 is 2.00 bits per heavy atom. The van der Waals surface area contributed by atoms with Crippen LogP contribution in [0.4, 0.5) is 5.82 Å². The molecule has 0 saturated heterocycles. The number of hydrogen-bond donors (Lipinski definition) is 1. The Hall–Kier alpha value is -1.91. The van der Waals surface area contributed by atoms with Gasteiger partial charge in [0.2, 0.25) is 0 Å². The molecule has 0 fully saturated rings. The smallest absolute Gasteiger partial charge is 0.159 e. The van der Waals surface area contributed by atoms with Crippen LogP contribution in [0.3, 0.4) is 0 Å². The zero-order chi connectivity index (χ0) is 13.7. The first-order valence-electron chi connectivity index (χ1n) is 6.84. The van der Waals surface area contributed by atoms with Crippen LogP contribution < -0.4 is 5.32 Å². The van der Waals surface area contributed by atoms with E-state index < -0.39 is 0 Å². The van der Waals surface area contributed by atoms with Crippen LogP contribution in [0.25, 0.3) is 11.5 Å². The number of hydrogen-bond acceptors (Lipinski definition) is 4. The summed E-state index contributed by atoms with van der Waals surface area (Å²) in [6.07, 6.45) is 7.58. The van der Waals surface area contributed by atoms with Gasteiger partial charge < -0.3 is 9.88 Å². The van der Waals surface area contributed by atoms with Gasteiger partial charge in [-0.05, 0) is 19.8 Å². The van der Waals surface area contributed by atoms with E-state index in [0.29, 0.717) is 0 Å². The van der Waals surface area contributed by atoms with Gasteiger partial charge in [0.25, 0.3) is 0 Å². The van der Waals surface area contributed by atoms with Crippen molar-refractivity contribution in [2.24, 2.45) is 0 Å². The van der Waals surface area contributed by atoms with Crippen LogP contribution in [0.5, 0.6) is 0 Å². The Morgan fingerprint density at radius 1 is 1.16 bits per heavy atom. The summed E-state index contributed by atoms with van der Waals surface area (Å²) < 4.78 is 2.14. The van der Waals surface area contributed by atoms with E-state index in [1.165, 1.54) is 0 Å². The second-order valence-electron chi connectivity index (χ2n) is 4.57. The Kier molecular flexibility index (Phi) is 4.49. The van der Waals surface area contributed by atoms with Crippen molar-refractivity contribution in [3.8, 4) is 11.5 Å². The highest BCUT2D eigenvalue weighted by Gasteiger charge is 2.13. The van der Waals surface area contributed by atoms with Crippen LogP contribution >= 0.6 is 0 Å². The Bertz CT molecular complexity index is 532. The van der Waals surface area contributed by atoms with Crippen molar-refractivity contribution in [3.05, 3.63) is 24.3 Å². The summed E-state index contributed by atoms with van der Waals surface area (Å²) in [7, 11) is 0. The summed E-state index contributed by atoms with van der Waals surface area (Å²) in [6.45, 7) is 8.21. The molecule has 5 heteroatoms. The van der Waals surface area contributed by atoms with E-state index in [1.54, 1.807) is 6.33 Å². The maximum Gasteiger partial charge on any atom is 0.159 e. The van der Waals surface area contributed by atoms with E-state index in [9.17, 15) is 0 Å². The van der Waals surface area contributed by atoms with Crippen LogP contribution in [0.15, 0.2) is 18.7 Å². The van der Waals surface area contributed by atoms with Crippen LogP contribution in [-0.2, 0) is 6.54 Å². The highest BCUT2D eigenvalue weighted by atomic mass is 15.1. The summed E-state index contributed by atoms with van der Waals surface area (Å²) in [5, 5.41) is 3.33. The summed E-state index contributed by atoms with van der Waals surface area (Å²) in [4.78, 5) is 13.1. The number of anilines is 1. The molecule has 0 saturated carbocycles. The standard InChI is InChI=1S/C14H21N5/c1-4-6-15-13-11(3)12(17-10-18-13)14-16-7-9-19(14)8-5-2/h7,9-10H,4-6,8H2,1-3H3,(H,15,17,18). The highest BCUT2D eigenvalue weighted by Crippen LogP contribution is 2.23. The third-order valence-corrected chi connectivity index (χ3v) is 3.02. The van der Waals surface area contributed by atoms with Crippen molar-refractivity contribution >= 4 is 5.82 Å². The van der Waals surface area contributed by atoms with E-state index in [2.05, 4.69) is 38.7 Å². The lowest BCUT2D eigenvalue weighted by atomic mass is 10.2. The Morgan fingerprint density at radius 3 is 2.74 bits per heavy atom. The lowest BCUT2D eigenvalue weighted by Gasteiger charge is -2.11. The molecule has 19 heavy (non-hydrogen) atoms. The van der Waals surface area contributed by atoms with Gasteiger partial charge in [0.1, 0.15) is 17.8 Å². The minimum atomic E-state index is 0.901. The van der Waals surface area contributed by atoms with Crippen LogP contribution in [0, 0.1) is 6.92 Å². The monoisotopic (exact) mass is 259 g/mol. The lowest BCUT2D eigenvalue weighted by Crippen LogP contribution is -2.07. The minimum Gasteiger partial charge on any atom is -0.370 e. The zero-order valence-corrected chi connectivity index (χ0v) is 11.8. The van der Waals surface area contributed by atoms with E-state index in [4.69, 9.17) is 0 Å². The molecule has 0 spiro atoms. The molecule has 5 nitrogen and oxygen atoms in total. The van der Waals surface area contributed by atoms with E-state index in [-0.39, 0.29) is 0 Å². The van der Waals surface area contributed by atoms with Crippen molar-refractivity contribution in [1.29, 1.82) is 0 Å². The molecular weight excluding hydrogens is 238 g/mol. The van der Waals surface area contributed by atoms with Gasteiger partial charge in [0.05, 0.1) is 0 Å². The average molecular weight is 259 g/mol. The molecular formula is C14H21N5. The molecule has 0 amide bonds. The zero-order valence-electron chi connectivity index (χ0n) is 11.8. The minimum absolute atomic E-state index is 0.901. The van der Waals surface area contributed by atoms with Gasteiger partial charge in [-0.3, -0.25) is 0 Å². The second-order valence-corrected chi connectivity index (χ2v) is 4.57. The maximum atomic E-state index is 4.43. The highest BCUT2D eigenvalue weighted by molar-refractivity contribution is 5.62. The van der Waals surface area contributed by atoms with Crippen molar-refractivity contribution in [2.45, 2.75) is 40.2 Å². The summed E-state index contributed by atoms with van der Waals surface area (Å²) in [6, 6.07) is 0. The van der Waals surface area contributed by atoms with Crippen LogP contribution in [0.2, 0.25) is 0 Å². The van der Waals surface area contributed by atoms with Gasteiger partial charge >= 0.3 is 0 Å². The van der Waals surface area contributed by atoms with Crippen LogP contribution in [-0.4, -0.2) is 26.1 Å². The molecule has 102 valence electrons. The first-order valence-corrected chi connectivity index (χ1v) is 6.84. The average Bonchev–Trinajstić information content (AvgIpc) is 2.86. The fourth-order valence-electron chi connectivity index (χ4n) is 2.04. The predicted molar refractivity (Wildman–Crippen MR) is 77.1 cm³/mol. The van der Waals surface area contributed by atoms with Gasteiger partial charge in [0.15, 0.2) is 5.82 Å². The second kappa shape index (κ2) is 6.31. The van der Waals surface area contributed by atoms with Crippen molar-refractivity contribution in [1.82, 2.24) is 19.5 Å². The summed E-state index contributed by atoms with van der Waals surface area (Å²) in [5.74, 6) is 1.82. The first kappa shape index (κ1) is 13.5. The number of imidazole rings is 1. The van der Waals surface area contributed by atoms with E-state index in [1.807, 2.05) is 19.3 Å². The normalized spacial score (nSPS) is 10.7. The molecule has 0 bridgehead atoms. The first-order chi connectivity index (χ1) is 9.27. The number of nitrogens with one attached hydrogen (secondary N) is 1. The van der Waals surface area contributed by atoms with Gasteiger partial charge in [0, 0.05) is 31.0 Å². The largest absolute Gasteiger partial charge is 0.370 e. The van der Waals surface area contributed by atoms with E-state index in [0.717, 1.165) is 48.8 Å². The fraction of sp³-hybridized carbons (Fsp3) is 0.500. The van der Waals surface area contributed by atoms with E-state index >= 15 is 0 Å². The van der Waals surface area contributed by atoms with Crippen molar-refractivity contribution in [3.63, 3.8) is 0 Å². The molecule has 2 aromatic heterocycles. The van der Waals surface area contributed by atoms with Gasteiger partial charge in [-0.1, -0.05) is 13.8 Å². The molecule has 2 heterocycles. The number of aryl methyl sites for hydroxylation is 1. The number of aromatic nitrogens is 4. The number of rotatable bonds is 6. The Balaban J connectivity index is 2.36. The molecule has 0 radical (unpaired) electrons. The maximum absolute atomic E-state index is 4.43. The quantitative estimate of drug-likeness (QED) is 0.866. The van der Waals surface area contributed by atoms with Crippen LogP contribution in [0.1, 0.15) is 32.3 Å². The Labute approximate surface area is 114 Å². The third kappa shape index (κ3) is 2.92. The molecule has 2 rings (SSSR count). The molecule has 0 aliphatic rings. The predicted octanol–water partition coefficient (Wildman–Crippen LogP) is 2.88. The molecule has 0 aromatic carbocycles. The lowest BCUT2D eigenvalue weighted by molar-refractivity contribution is 0.683. The van der Waals surface area contributed by atoms with Gasteiger partial charge in [-0.25, -0.2) is 15.0 Å². The van der Waals surface area contributed by atoms with Gasteiger partial charge in [-0.15, -0.1) is 0 Å².